The lowest BCUT2D eigenvalue weighted by Gasteiger charge is -2.06. The van der Waals surface area contributed by atoms with Crippen LogP contribution in [-0.4, -0.2) is 19.3 Å². The van der Waals surface area contributed by atoms with Crippen LogP contribution in [0.15, 0.2) is 52.3 Å². The predicted octanol–water partition coefficient (Wildman–Crippen LogP) is 1.68. The number of nitriles is 1. The number of hydrogen-bond donors (Lipinski definition) is 4. The molecule has 0 saturated heterocycles. The van der Waals surface area contributed by atoms with Gasteiger partial charge in [-0.15, -0.1) is 0 Å². The van der Waals surface area contributed by atoms with E-state index in [4.69, 9.17) is 22.5 Å². The highest BCUT2D eigenvalue weighted by molar-refractivity contribution is 5.81. The number of hydrogen-bond acceptors (Lipinski definition) is 6. The molecule has 1 aromatic carbocycles. The standard InChI is InChI=1S/C19H28N6/c1-2-17(19(23)18(10-21)11-22)14-25-13-16-6-4-15(5-7-16)12-24-9-3-8-20/h4-7,10,14,24H,2-3,8-9,12-13,20-21,23H2,1H3. The fourth-order valence-electron chi connectivity index (χ4n) is 2.20. The summed E-state index contributed by atoms with van der Waals surface area (Å²) in [6.07, 6.45) is 4.61. The highest BCUT2D eigenvalue weighted by atomic mass is 14.8. The summed E-state index contributed by atoms with van der Waals surface area (Å²) in [5.41, 5.74) is 20.6. The maximum absolute atomic E-state index is 8.99. The lowest BCUT2D eigenvalue weighted by atomic mass is 10.1. The van der Waals surface area contributed by atoms with E-state index in [-0.39, 0.29) is 5.57 Å². The monoisotopic (exact) mass is 340 g/mol. The van der Waals surface area contributed by atoms with Crippen molar-refractivity contribution in [2.75, 3.05) is 13.1 Å². The van der Waals surface area contributed by atoms with Gasteiger partial charge in [0.1, 0.15) is 6.07 Å². The Balaban J connectivity index is 2.63. The highest BCUT2D eigenvalue weighted by Gasteiger charge is 2.04. The zero-order valence-corrected chi connectivity index (χ0v) is 14.8. The number of aliphatic imine (C=N–C) groups is 1. The first-order valence-corrected chi connectivity index (χ1v) is 8.45. The molecule has 1 aromatic rings. The summed E-state index contributed by atoms with van der Waals surface area (Å²) in [6.45, 7) is 5.00. The van der Waals surface area contributed by atoms with Crippen LogP contribution >= 0.6 is 0 Å². The Labute approximate surface area is 150 Å². The molecule has 0 heterocycles. The molecule has 0 aliphatic carbocycles. The Hall–Kier alpha value is -2.62. The number of benzene rings is 1. The van der Waals surface area contributed by atoms with Crippen molar-refractivity contribution in [2.45, 2.75) is 32.9 Å². The van der Waals surface area contributed by atoms with Crippen molar-refractivity contribution in [3.8, 4) is 6.07 Å². The van der Waals surface area contributed by atoms with E-state index in [0.29, 0.717) is 25.2 Å². The Bertz CT molecular complexity index is 649. The third kappa shape index (κ3) is 7.21. The van der Waals surface area contributed by atoms with E-state index < -0.39 is 0 Å². The van der Waals surface area contributed by atoms with Crippen molar-refractivity contribution in [1.82, 2.24) is 5.32 Å². The molecule has 0 saturated carbocycles. The van der Waals surface area contributed by atoms with Crippen LogP contribution in [0.5, 0.6) is 0 Å². The molecule has 0 spiro atoms. The van der Waals surface area contributed by atoms with Gasteiger partial charge in [-0.2, -0.15) is 5.26 Å². The largest absolute Gasteiger partial charge is 0.403 e. The van der Waals surface area contributed by atoms with Crippen molar-refractivity contribution in [3.05, 3.63) is 58.4 Å². The summed E-state index contributed by atoms with van der Waals surface area (Å²) in [5, 5.41) is 12.3. The fourth-order valence-corrected chi connectivity index (χ4v) is 2.20. The van der Waals surface area contributed by atoms with Gasteiger partial charge < -0.3 is 22.5 Å². The Kier molecular flexibility index (Phi) is 9.68. The van der Waals surface area contributed by atoms with Crippen molar-refractivity contribution >= 4 is 6.21 Å². The van der Waals surface area contributed by atoms with Gasteiger partial charge in [0.15, 0.2) is 0 Å². The molecule has 0 aliphatic rings. The van der Waals surface area contributed by atoms with Gasteiger partial charge in [-0.25, -0.2) is 0 Å². The molecule has 0 unspecified atom stereocenters. The molecular formula is C19H28N6. The number of nitrogens with two attached hydrogens (primary N) is 3. The molecule has 25 heavy (non-hydrogen) atoms. The van der Waals surface area contributed by atoms with Crippen LogP contribution < -0.4 is 22.5 Å². The maximum Gasteiger partial charge on any atom is 0.103 e. The fraction of sp³-hybridized carbons (Fsp3) is 0.368. The van der Waals surface area contributed by atoms with Gasteiger partial charge >= 0.3 is 0 Å². The van der Waals surface area contributed by atoms with Crippen LogP contribution in [0.3, 0.4) is 0 Å². The third-order valence-electron chi connectivity index (χ3n) is 3.73. The zero-order chi connectivity index (χ0) is 18.5. The highest BCUT2D eigenvalue weighted by Crippen LogP contribution is 2.11. The third-order valence-corrected chi connectivity index (χ3v) is 3.73. The number of allylic oxidation sites excluding steroid dienone is 2. The molecule has 0 aliphatic heterocycles. The molecular weight excluding hydrogens is 312 g/mol. The summed E-state index contributed by atoms with van der Waals surface area (Å²) >= 11 is 0. The van der Waals surface area contributed by atoms with Crippen LogP contribution in [-0.2, 0) is 13.1 Å². The average molecular weight is 340 g/mol. The van der Waals surface area contributed by atoms with Gasteiger partial charge in [-0.1, -0.05) is 31.2 Å². The van der Waals surface area contributed by atoms with Crippen molar-refractivity contribution in [3.63, 3.8) is 0 Å². The van der Waals surface area contributed by atoms with E-state index in [0.717, 1.165) is 30.6 Å². The average Bonchev–Trinajstić information content (AvgIpc) is 2.64. The molecule has 1 rings (SSSR count). The summed E-state index contributed by atoms with van der Waals surface area (Å²) in [7, 11) is 0. The van der Waals surface area contributed by atoms with E-state index in [1.54, 1.807) is 6.21 Å². The Morgan fingerprint density at radius 3 is 2.52 bits per heavy atom. The van der Waals surface area contributed by atoms with Gasteiger partial charge in [0.2, 0.25) is 0 Å². The van der Waals surface area contributed by atoms with Crippen LogP contribution in [0.1, 0.15) is 30.9 Å². The van der Waals surface area contributed by atoms with Gasteiger partial charge in [0, 0.05) is 19.0 Å². The summed E-state index contributed by atoms with van der Waals surface area (Å²) in [6, 6.07) is 10.3. The Morgan fingerprint density at radius 1 is 1.28 bits per heavy atom. The van der Waals surface area contributed by atoms with Gasteiger partial charge in [0.25, 0.3) is 0 Å². The number of nitrogens with zero attached hydrogens (tertiary/aromatic N) is 2. The molecule has 0 aromatic heterocycles. The normalized spacial score (nSPS) is 12.9. The molecule has 0 fully saturated rings. The summed E-state index contributed by atoms with van der Waals surface area (Å²) < 4.78 is 0. The van der Waals surface area contributed by atoms with Crippen LogP contribution in [0.4, 0.5) is 0 Å². The van der Waals surface area contributed by atoms with Crippen LogP contribution in [0.2, 0.25) is 0 Å². The summed E-state index contributed by atoms with van der Waals surface area (Å²) in [5.74, 6) is 0. The second-order valence-corrected chi connectivity index (χ2v) is 5.59. The van der Waals surface area contributed by atoms with Crippen molar-refractivity contribution in [2.24, 2.45) is 22.2 Å². The van der Waals surface area contributed by atoms with E-state index in [9.17, 15) is 0 Å². The van der Waals surface area contributed by atoms with E-state index >= 15 is 0 Å². The van der Waals surface area contributed by atoms with Gasteiger partial charge in [0.05, 0.1) is 17.8 Å². The Morgan fingerprint density at radius 2 is 1.96 bits per heavy atom. The van der Waals surface area contributed by atoms with E-state index in [1.165, 1.54) is 11.8 Å². The van der Waals surface area contributed by atoms with Crippen molar-refractivity contribution < 1.29 is 0 Å². The number of nitrogens with one attached hydrogen (secondary N) is 1. The minimum Gasteiger partial charge on any atom is -0.403 e. The molecule has 6 heteroatoms. The molecule has 0 atom stereocenters. The molecule has 6 nitrogen and oxygen atoms in total. The lowest BCUT2D eigenvalue weighted by molar-refractivity contribution is 0.655. The topological polar surface area (TPSA) is 126 Å². The lowest BCUT2D eigenvalue weighted by Crippen LogP contribution is -2.17. The SMILES string of the molecule is CCC(C=NCc1ccc(CNCCCN)cc1)=C(N)C(C#N)=CN. The first kappa shape index (κ1) is 20.4. The van der Waals surface area contributed by atoms with Crippen LogP contribution in [0.25, 0.3) is 0 Å². The number of rotatable bonds is 10. The minimum atomic E-state index is 0.273. The molecule has 0 amide bonds. The smallest absolute Gasteiger partial charge is 0.103 e. The minimum absolute atomic E-state index is 0.273. The molecule has 134 valence electrons. The quantitative estimate of drug-likeness (QED) is 0.223. The van der Waals surface area contributed by atoms with Crippen molar-refractivity contribution in [1.29, 1.82) is 5.26 Å². The maximum atomic E-state index is 8.99. The first-order chi connectivity index (χ1) is 12.2. The zero-order valence-electron chi connectivity index (χ0n) is 14.8. The predicted molar refractivity (Wildman–Crippen MR) is 103 cm³/mol. The molecule has 7 N–H and O–H groups in total. The van der Waals surface area contributed by atoms with E-state index in [1.807, 2.05) is 13.0 Å². The summed E-state index contributed by atoms with van der Waals surface area (Å²) in [4.78, 5) is 4.43. The second kappa shape index (κ2) is 11.8. The van der Waals surface area contributed by atoms with Gasteiger partial charge in [-0.3, -0.25) is 4.99 Å². The van der Waals surface area contributed by atoms with Gasteiger partial charge in [-0.05, 0) is 42.6 Å². The van der Waals surface area contributed by atoms with E-state index in [2.05, 4.69) is 34.6 Å². The molecule has 0 bridgehead atoms. The van der Waals surface area contributed by atoms with Crippen LogP contribution in [0, 0.1) is 11.3 Å². The second-order valence-electron chi connectivity index (χ2n) is 5.59. The first-order valence-electron chi connectivity index (χ1n) is 8.45. The molecule has 0 radical (unpaired) electrons.